The number of benzene rings is 1. The average Bonchev–Trinajstić information content (AvgIpc) is 3.03. The Bertz CT molecular complexity index is 936. The number of hydrogen-bond acceptors (Lipinski definition) is 2. The lowest BCUT2D eigenvalue weighted by atomic mass is 9.95. The molecule has 0 saturated carbocycles. The van der Waals surface area contributed by atoms with Gasteiger partial charge < -0.3 is 14.3 Å². The Hall–Kier alpha value is -2.49. The van der Waals surface area contributed by atoms with E-state index in [9.17, 15) is 4.79 Å². The standard InChI is InChI=1S/C20H22N2O2/c1-24-15-6-7-18-17(12-15)14(13-21-18)8-10-22-11-9-20(23)16-4-2-3-5-19(16)22/h6-7,9,11-13,21H,2-5,8,10H2,1H3. The van der Waals surface area contributed by atoms with E-state index in [2.05, 4.69) is 27.9 Å². The molecule has 0 fully saturated rings. The maximum Gasteiger partial charge on any atom is 0.185 e. The van der Waals surface area contributed by atoms with E-state index in [1.165, 1.54) is 23.1 Å². The minimum Gasteiger partial charge on any atom is -0.497 e. The normalized spacial score (nSPS) is 13.9. The molecule has 1 aromatic carbocycles. The van der Waals surface area contributed by atoms with Crippen LogP contribution in [0.15, 0.2) is 41.5 Å². The molecule has 1 N–H and O–H groups in total. The average molecular weight is 322 g/mol. The number of ether oxygens (including phenoxy) is 1. The lowest BCUT2D eigenvalue weighted by Gasteiger charge is -2.20. The van der Waals surface area contributed by atoms with Gasteiger partial charge in [-0.2, -0.15) is 0 Å². The molecule has 0 radical (unpaired) electrons. The first-order valence-electron chi connectivity index (χ1n) is 8.61. The third-order valence-electron chi connectivity index (χ3n) is 5.09. The molecule has 0 atom stereocenters. The number of rotatable bonds is 4. The highest BCUT2D eigenvalue weighted by molar-refractivity contribution is 5.84. The molecule has 0 amide bonds. The number of aromatic amines is 1. The van der Waals surface area contributed by atoms with Gasteiger partial charge in [0.25, 0.3) is 0 Å². The highest BCUT2D eigenvalue weighted by atomic mass is 16.5. The van der Waals surface area contributed by atoms with Gasteiger partial charge >= 0.3 is 0 Å². The van der Waals surface area contributed by atoms with Crippen LogP contribution in [0, 0.1) is 0 Å². The van der Waals surface area contributed by atoms with Gasteiger partial charge in [0.05, 0.1) is 7.11 Å². The lowest BCUT2D eigenvalue weighted by molar-refractivity contribution is 0.415. The van der Waals surface area contributed by atoms with Gasteiger partial charge in [0.2, 0.25) is 0 Å². The van der Waals surface area contributed by atoms with Crippen LogP contribution in [0.5, 0.6) is 5.75 Å². The molecule has 0 spiro atoms. The number of fused-ring (bicyclic) bond motifs is 2. The quantitative estimate of drug-likeness (QED) is 0.799. The summed E-state index contributed by atoms with van der Waals surface area (Å²) >= 11 is 0. The van der Waals surface area contributed by atoms with Crippen LogP contribution < -0.4 is 10.2 Å². The van der Waals surface area contributed by atoms with Crippen molar-refractivity contribution < 1.29 is 4.74 Å². The van der Waals surface area contributed by atoms with Crippen molar-refractivity contribution in [3.05, 3.63) is 63.7 Å². The van der Waals surface area contributed by atoms with Crippen LogP contribution in [0.3, 0.4) is 0 Å². The van der Waals surface area contributed by atoms with E-state index >= 15 is 0 Å². The van der Waals surface area contributed by atoms with E-state index in [-0.39, 0.29) is 5.43 Å². The van der Waals surface area contributed by atoms with E-state index in [4.69, 9.17) is 4.74 Å². The van der Waals surface area contributed by atoms with Crippen molar-refractivity contribution in [3.63, 3.8) is 0 Å². The molecule has 0 saturated heterocycles. The monoisotopic (exact) mass is 322 g/mol. The van der Waals surface area contributed by atoms with Crippen molar-refractivity contribution in [1.82, 2.24) is 9.55 Å². The number of hydrogen-bond donors (Lipinski definition) is 1. The van der Waals surface area contributed by atoms with Crippen molar-refractivity contribution >= 4 is 10.9 Å². The first-order chi connectivity index (χ1) is 11.8. The molecule has 4 heteroatoms. The van der Waals surface area contributed by atoms with Crippen molar-refractivity contribution in [1.29, 1.82) is 0 Å². The van der Waals surface area contributed by atoms with Crippen LogP contribution in [-0.2, 0) is 25.8 Å². The van der Waals surface area contributed by atoms with Crippen LogP contribution in [0.4, 0.5) is 0 Å². The molecule has 24 heavy (non-hydrogen) atoms. The summed E-state index contributed by atoms with van der Waals surface area (Å²) < 4.78 is 7.62. The topological polar surface area (TPSA) is 47.0 Å². The van der Waals surface area contributed by atoms with Gasteiger partial charge in [-0.15, -0.1) is 0 Å². The Morgan fingerprint density at radius 2 is 2.08 bits per heavy atom. The highest BCUT2D eigenvalue weighted by Gasteiger charge is 2.15. The number of aromatic nitrogens is 2. The molecule has 3 aromatic rings. The lowest BCUT2D eigenvalue weighted by Crippen LogP contribution is -2.22. The number of methoxy groups -OCH3 is 1. The van der Waals surface area contributed by atoms with Crippen LogP contribution in [-0.4, -0.2) is 16.7 Å². The zero-order chi connectivity index (χ0) is 16.5. The van der Waals surface area contributed by atoms with Gasteiger partial charge in [-0.25, -0.2) is 0 Å². The van der Waals surface area contributed by atoms with Gasteiger partial charge in [0.15, 0.2) is 5.43 Å². The summed E-state index contributed by atoms with van der Waals surface area (Å²) in [6.45, 7) is 0.896. The van der Waals surface area contributed by atoms with Crippen LogP contribution in [0.1, 0.15) is 29.7 Å². The summed E-state index contributed by atoms with van der Waals surface area (Å²) in [6, 6.07) is 7.84. The molecule has 2 heterocycles. The maximum absolute atomic E-state index is 12.1. The molecule has 1 aliphatic rings. The second-order valence-corrected chi connectivity index (χ2v) is 6.48. The Kier molecular flexibility index (Phi) is 3.89. The fraction of sp³-hybridized carbons (Fsp3) is 0.350. The summed E-state index contributed by atoms with van der Waals surface area (Å²) in [5.41, 5.74) is 4.90. The fourth-order valence-electron chi connectivity index (χ4n) is 3.76. The zero-order valence-electron chi connectivity index (χ0n) is 14.0. The van der Waals surface area contributed by atoms with E-state index in [0.717, 1.165) is 49.1 Å². The van der Waals surface area contributed by atoms with Crippen molar-refractivity contribution in [2.45, 2.75) is 38.6 Å². The molecule has 4 rings (SSSR count). The number of pyridine rings is 1. The van der Waals surface area contributed by atoms with Gasteiger partial charge in [0, 0.05) is 47.2 Å². The summed E-state index contributed by atoms with van der Waals surface area (Å²) in [5, 5.41) is 1.21. The van der Waals surface area contributed by atoms with E-state index < -0.39 is 0 Å². The second kappa shape index (κ2) is 6.19. The third-order valence-corrected chi connectivity index (χ3v) is 5.09. The largest absolute Gasteiger partial charge is 0.497 e. The molecule has 124 valence electrons. The predicted molar refractivity (Wildman–Crippen MR) is 95.9 cm³/mol. The second-order valence-electron chi connectivity index (χ2n) is 6.48. The van der Waals surface area contributed by atoms with E-state index in [1.54, 1.807) is 13.2 Å². The first-order valence-corrected chi connectivity index (χ1v) is 8.61. The minimum atomic E-state index is 0.206. The van der Waals surface area contributed by atoms with Crippen LogP contribution in [0.25, 0.3) is 10.9 Å². The maximum atomic E-state index is 12.1. The van der Waals surface area contributed by atoms with Gasteiger partial charge in [-0.1, -0.05) is 0 Å². The van der Waals surface area contributed by atoms with Crippen molar-refractivity contribution in [2.24, 2.45) is 0 Å². The number of nitrogens with zero attached hydrogens (tertiary/aromatic N) is 1. The van der Waals surface area contributed by atoms with Gasteiger partial charge in [0.1, 0.15) is 5.75 Å². The van der Waals surface area contributed by atoms with Gasteiger partial charge in [-0.3, -0.25) is 4.79 Å². The Labute approximate surface area is 141 Å². The SMILES string of the molecule is COc1ccc2[nH]cc(CCn3ccc(=O)c4c3CCCC4)c2c1. The molecule has 1 aliphatic carbocycles. The number of H-pyrrole nitrogens is 1. The fourth-order valence-corrected chi connectivity index (χ4v) is 3.76. The number of aryl methyl sites for hydroxylation is 2. The zero-order valence-corrected chi connectivity index (χ0v) is 14.0. The molecule has 0 bridgehead atoms. The minimum absolute atomic E-state index is 0.206. The first kappa shape index (κ1) is 15.1. The predicted octanol–water partition coefficient (Wildman–Crippen LogP) is 3.46. The Morgan fingerprint density at radius 1 is 1.21 bits per heavy atom. The van der Waals surface area contributed by atoms with Crippen molar-refractivity contribution in [3.8, 4) is 5.75 Å². The molecule has 2 aromatic heterocycles. The Balaban J connectivity index is 1.63. The highest BCUT2D eigenvalue weighted by Crippen LogP contribution is 2.25. The Morgan fingerprint density at radius 3 is 2.96 bits per heavy atom. The van der Waals surface area contributed by atoms with Gasteiger partial charge in [-0.05, 0) is 55.9 Å². The van der Waals surface area contributed by atoms with Crippen LogP contribution in [0.2, 0.25) is 0 Å². The summed E-state index contributed by atoms with van der Waals surface area (Å²) in [5.74, 6) is 0.879. The molecule has 0 unspecified atom stereocenters. The summed E-state index contributed by atoms with van der Waals surface area (Å²) in [4.78, 5) is 15.4. The molecular weight excluding hydrogens is 300 g/mol. The van der Waals surface area contributed by atoms with E-state index in [1.807, 2.05) is 12.3 Å². The smallest absolute Gasteiger partial charge is 0.185 e. The summed E-state index contributed by atoms with van der Waals surface area (Å²) in [6.07, 6.45) is 9.24. The molecule has 0 aliphatic heterocycles. The van der Waals surface area contributed by atoms with Crippen molar-refractivity contribution in [2.75, 3.05) is 7.11 Å². The molecule has 4 nitrogen and oxygen atoms in total. The summed E-state index contributed by atoms with van der Waals surface area (Å²) in [7, 11) is 1.69. The van der Waals surface area contributed by atoms with Crippen LogP contribution >= 0.6 is 0 Å². The third kappa shape index (κ3) is 2.62. The number of nitrogens with one attached hydrogen (secondary N) is 1. The molecular formula is C20H22N2O2. The van der Waals surface area contributed by atoms with E-state index in [0.29, 0.717) is 0 Å².